The first kappa shape index (κ1) is 13.9. The molecule has 1 fully saturated rings. The number of carbonyl (C=O) groups is 2. The first-order valence-electron chi connectivity index (χ1n) is 6.21. The molecule has 2 amide bonds. The van der Waals surface area contributed by atoms with Crippen molar-refractivity contribution in [1.82, 2.24) is 10.6 Å². The topological polar surface area (TPSA) is 70.2 Å². The molecule has 1 saturated heterocycles. The molecule has 0 bridgehead atoms. The number of halogens is 1. The van der Waals surface area contributed by atoms with Gasteiger partial charge in [-0.25, -0.2) is 0 Å². The lowest BCUT2D eigenvalue weighted by Crippen LogP contribution is -2.43. The van der Waals surface area contributed by atoms with Crippen molar-refractivity contribution >= 4 is 33.4 Å². The second-order valence-electron chi connectivity index (χ2n) is 4.39. The number of hydrogen-bond donors (Lipinski definition) is 3. The van der Waals surface area contributed by atoms with Gasteiger partial charge in [-0.05, 0) is 24.6 Å². The SMILES string of the molecule is O=C1CC[C@H](C(=O)NCCNc2cccc(Br)c2)N1. The van der Waals surface area contributed by atoms with Crippen molar-refractivity contribution in [3.63, 3.8) is 0 Å². The molecular weight excluding hydrogens is 310 g/mol. The van der Waals surface area contributed by atoms with Crippen LogP contribution in [0.4, 0.5) is 5.69 Å². The van der Waals surface area contributed by atoms with Crippen molar-refractivity contribution in [3.05, 3.63) is 28.7 Å². The van der Waals surface area contributed by atoms with E-state index in [1.54, 1.807) is 0 Å². The predicted molar refractivity (Wildman–Crippen MR) is 76.8 cm³/mol. The molecule has 1 aliphatic heterocycles. The summed E-state index contributed by atoms with van der Waals surface area (Å²) in [7, 11) is 0. The summed E-state index contributed by atoms with van der Waals surface area (Å²) in [6.45, 7) is 1.17. The molecule has 5 nitrogen and oxygen atoms in total. The number of nitrogens with one attached hydrogen (secondary N) is 3. The van der Waals surface area contributed by atoms with E-state index in [4.69, 9.17) is 0 Å². The van der Waals surface area contributed by atoms with Crippen LogP contribution >= 0.6 is 15.9 Å². The molecule has 1 atom stereocenters. The van der Waals surface area contributed by atoms with Gasteiger partial charge in [-0.15, -0.1) is 0 Å². The van der Waals surface area contributed by atoms with E-state index in [0.717, 1.165) is 10.2 Å². The zero-order valence-corrected chi connectivity index (χ0v) is 12.0. The molecule has 1 aromatic rings. The summed E-state index contributed by atoms with van der Waals surface area (Å²) in [5.74, 6) is -0.158. The highest BCUT2D eigenvalue weighted by molar-refractivity contribution is 9.10. The largest absolute Gasteiger partial charge is 0.383 e. The van der Waals surface area contributed by atoms with Gasteiger partial charge in [0, 0.05) is 29.7 Å². The minimum atomic E-state index is -0.363. The Morgan fingerprint density at radius 3 is 2.95 bits per heavy atom. The third-order valence-electron chi connectivity index (χ3n) is 2.89. The lowest BCUT2D eigenvalue weighted by molar-refractivity contribution is -0.125. The van der Waals surface area contributed by atoms with E-state index in [2.05, 4.69) is 31.9 Å². The van der Waals surface area contributed by atoms with E-state index in [1.165, 1.54) is 0 Å². The van der Waals surface area contributed by atoms with Crippen LogP contribution in [0.5, 0.6) is 0 Å². The molecule has 1 aliphatic rings. The predicted octanol–water partition coefficient (Wildman–Crippen LogP) is 1.26. The van der Waals surface area contributed by atoms with Crippen LogP contribution in [0.15, 0.2) is 28.7 Å². The fraction of sp³-hybridized carbons (Fsp3) is 0.385. The van der Waals surface area contributed by atoms with Crippen molar-refractivity contribution in [1.29, 1.82) is 0 Å². The summed E-state index contributed by atoms with van der Waals surface area (Å²) in [5.41, 5.74) is 0.998. The Bertz CT molecular complexity index is 479. The van der Waals surface area contributed by atoms with Gasteiger partial charge in [0.05, 0.1) is 0 Å². The summed E-state index contributed by atoms with van der Waals surface area (Å²) >= 11 is 3.39. The van der Waals surface area contributed by atoms with Crippen LogP contribution < -0.4 is 16.0 Å². The Morgan fingerprint density at radius 1 is 1.42 bits per heavy atom. The summed E-state index contributed by atoms with van der Waals surface area (Å²) in [6.07, 6.45) is 1.03. The van der Waals surface area contributed by atoms with Crippen molar-refractivity contribution in [2.45, 2.75) is 18.9 Å². The maximum Gasteiger partial charge on any atom is 0.242 e. The van der Waals surface area contributed by atoms with E-state index < -0.39 is 0 Å². The molecule has 0 aliphatic carbocycles. The zero-order chi connectivity index (χ0) is 13.7. The maximum atomic E-state index is 11.7. The van der Waals surface area contributed by atoms with E-state index >= 15 is 0 Å². The maximum absolute atomic E-state index is 11.7. The minimum absolute atomic E-state index is 0.0487. The van der Waals surface area contributed by atoms with E-state index in [-0.39, 0.29) is 17.9 Å². The van der Waals surface area contributed by atoms with Gasteiger partial charge in [0.15, 0.2) is 0 Å². The van der Waals surface area contributed by atoms with Gasteiger partial charge < -0.3 is 16.0 Å². The summed E-state index contributed by atoms with van der Waals surface area (Å²) in [6, 6.07) is 7.47. The summed E-state index contributed by atoms with van der Waals surface area (Å²) < 4.78 is 1.01. The molecule has 0 aromatic heterocycles. The Morgan fingerprint density at radius 2 is 2.26 bits per heavy atom. The fourth-order valence-corrected chi connectivity index (χ4v) is 2.32. The van der Waals surface area contributed by atoms with Crippen LogP contribution in [0.2, 0.25) is 0 Å². The Balaban J connectivity index is 1.66. The molecule has 0 unspecified atom stereocenters. The Kier molecular flexibility index (Phi) is 4.79. The van der Waals surface area contributed by atoms with Gasteiger partial charge >= 0.3 is 0 Å². The molecule has 102 valence electrons. The zero-order valence-electron chi connectivity index (χ0n) is 10.4. The highest BCUT2D eigenvalue weighted by Gasteiger charge is 2.26. The van der Waals surface area contributed by atoms with E-state index in [1.807, 2.05) is 24.3 Å². The molecule has 2 rings (SSSR count). The van der Waals surface area contributed by atoms with Crippen molar-refractivity contribution in [2.75, 3.05) is 18.4 Å². The second-order valence-corrected chi connectivity index (χ2v) is 5.30. The van der Waals surface area contributed by atoms with Crippen LogP contribution in [0.3, 0.4) is 0 Å². The fourth-order valence-electron chi connectivity index (χ4n) is 1.92. The number of rotatable bonds is 5. The molecule has 3 N–H and O–H groups in total. The lowest BCUT2D eigenvalue weighted by atomic mass is 10.2. The number of amides is 2. The number of anilines is 1. The first-order chi connectivity index (χ1) is 9.15. The number of benzene rings is 1. The summed E-state index contributed by atoms with van der Waals surface area (Å²) in [5, 5.41) is 8.65. The number of carbonyl (C=O) groups excluding carboxylic acids is 2. The van der Waals surface area contributed by atoms with Crippen LogP contribution in [0, 0.1) is 0 Å². The molecule has 1 heterocycles. The highest BCUT2D eigenvalue weighted by Crippen LogP contribution is 2.15. The molecule has 0 saturated carbocycles. The molecule has 0 spiro atoms. The normalized spacial score (nSPS) is 17.9. The average Bonchev–Trinajstić information content (AvgIpc) is 2.81. The van der Waals surface area contributed by atoms with E-state index in [9.17, 15) is 9.59 Å². The average molecular weight is 326 g/mol. The number of hydrogen-bond acceptors (Lipinski definition) is 3. The van der Waals surface area contributed by atoms with Gasteiger partial charge in [-0.3, -0.25) is 9.59 Å². The standard InChI is InChI=1S/C13H16BrN3O2/c14-9-2-1-3-10(8-9)15-6-7-16-13(19)11-4-5-12(18)17-11/h1-3,8,11,15H,4-7H2,(H,16,19)(H,17,18)/t11-/m1/s1. The van der Waals surface area contributed by atoms with E-state index in [0.29, 0.717) is 25.9 Å². The van der Waals surface area contributed by atoms with Crippen LogP contribution in [0.1, 0.15) is 12.8 Å². The molecule has 1 aromatic carbocycles. The Hall–Kier alpha value is -1.56. The third kappa shape index (κ3) is 4.24. The van der Waals surface area contributed by atoms with Gasteiger partial charge in [0.25, 0.3) is 0 Å². The quantitative estimate of drug-likeness (QED) is 0.714. The van der Waals surface area contributed by atoms with Gasteiger partial charge in [0.2, 0.25) is 11.8 Å². The van der Waals surface area contributed by atoms with Gasteiger partial charge in [-0.2, -0.15) is 0 Å². The first-order valence-corrected chi connectivity index (χ1v) is 7.01. The second kappa shape index (κ2) is 6.56. The monoisotopic (exact) mass is 325 g/mol. The lowest BCUT2D eigenvalue weighted by Gasteiger charge is -2.11. The van der Waals surface area contributed by atoms with Gasteiger partial charge in [0.1, 0.15) is 6.04 Å². The summed E-state index contributed by atoms with van der Waals surface area (Å²) in [4.78, 5) is 22.7. The highest BCUT2D eigenvalue weighted by atomic mass is 79.9. The van der Waals surface area contributed by atoms with Crippen molar-refractivity contribution < 1.29 is 9.59 Å². The smallest absolute Gasteiger partial charge is 0.242 e. The molecular formula is C13H16BrN3O2. The van der Waals surface area contributed by atoms with Crippen LogP contribution in [0.25, 0.3) is 0 Å². The molecule has 19 heavy (non-hydrogen) atoms. The van der Waals surface area contributed by atoms with Gasteiger partial charge in [-0.1, -0.05) is 22.0 Å². The Labute approximate surface area is 120 Å². The van der Waals surface area contributed by atoms with Crippen LogP contribution in [-0.4, -0.2) is 30.9 Å². The van der Waals surface area contributed by atoms with Crippen molar-refractivity contribution in [2.24, 2.45) is 0 Å². The minimum Gasteiger partial charge on any atom is -0.383 e. The third-order valence-corrected chi connectivity index (χ3v) is 3.38. The van der Waals surface area contributed by atoms with Crippen molar-refractivity contribution in [3.8, 4) is 0 Å². The molecule has 6 heteroatoms. The molecule has 0 radical (unpaired) electrons. The van der Waals surface area contributed by atoms with Crippen LogP contribution in [-0.2, 0) is 9.59 Å².